The standard InChI is InChI=1S/C24H36N4O/c1-16-13-18(8-7-17(2)29)9-10-20(16)21-11-12-25-22(27-21)26-19-14-23(3,4)28-24(5,6)15-19/h9-12,16,19,28H,7-8,13-15H2,1-6H3,(H,25,26,27). The molecule has 2 heterocycles. The van der Waals surface area contributed by atoms with Crippen molar-refractivity contribution in [2.75, 3.05) is 5.32 Å². The van der Waals surface area contributed by atoms with Gasteiger partial charge in [-0.15, -0.1) is 0 Å². The molecule has 0 amide bonds. The molecule has 3 rings (SSSR count). The maximum atomic E-state index is 11.3. The van der Waals surface area contributed by atoms with E-state index in [-0.39, 0.29) is 16.9 Å². The highest BCUT2D eigenvalue weighted by Gasteiger charge is 2.37. The van der Waals surface area contributed by atoms with Crippen molar-refractivity contribution in [2.45, 2.75) is 90.8 Å². The first-order valence-electron chi connectivity index (χ1n) is 10.8. The number of piperidine rings is 1. The van der Waals surface area contributed by atoms with Crippen LogP contribution in [0.3, 0.4) is 0 Å². The van der Waals surface area contributed by atoms with Crippen LogP contribution in [0.25, 0.3) is 5.57 Å². The van der Waals surface area contributed by atoms with Gasteiger partial charge in [-0.2, -0.15) is 0 Å². The van der Waals surface area contributed by atoms with Crippen molar-refractivity contribution in [3.8, 4) is 0 Å². The number of nitrogens with one attached hydrogen (secondary N) is 2. The van der Waals surface area contributed by atoms with Crippen molar-refractivity contribution in [2.24, 2.45) is 5.92 Å². The molecule has 0 aromatic carbocycles. The Hall–Kier alpha value is -2.01. The zero-order valence-electron chi connectivity index (χ0n) is 18.8. The van der Waals surface area contributed by atoms with Gasteiger partial charge in [0.15, 0.2) is 0 Å². The SMILES string of the molecule is CC(=O)CCC1=CC=C(c2ccnc(NC3CC(C)(C)NC(C)(C)C3)n2)C(C)C1. The van der Waals surface area contributed by atoms with Crippen LogP contribution in [0.5, 0.6) is 0 Å². The Kier molecular flexibility index (Phi) is 6.27. The molecule has 0 spiro atoms. The Balaban J connectivity index is 1.73. The molecule has 1 aliphatic carbocycles. The van der Waals surface area contributed by atoms with E-state index in [0.717, 1.165) is 31.4 Å². The first kappa shape index (κ1) is 21.7. The molecule has 5 nitrogen and oxygen atoms in total. The molecule has 0 radical (unpaired) electrons. The van der Waals surface area contributed by atoms with Crippen molar-refractivity contribution < 1.29 is 4.79 Å². The van der Waals surface area contributed by atoms with Crippen LogP contribution in [0.4, 0.5) is 5.95 Å². The molecule has 2 N–H and O–H groups in total. The topological polar surface area (TPSA) is 66.9 Å². The molecule has 1 saturated heterocycles. The summed E-state index contributed by atoms with van der Waals surface area (Å²) in [6.45, 7) is 12.9. The number of anilines is 1. The Morgan fingerprint density at radius 1 is 1.21 bits per heavy atom. The number of allylic oxidation sites excluding steroid dienone is 4. The molecule has 1 aromatic heterocycles. The summed E-state index contributed by atoms with van der Waals surface area (Å²) in [5, 5.41) is 7.31. The summed E-state index contributed by atoms with van der Waals surface area (Å²) in [6, 6.07) is 2.34. The largest absolute Gasteiger partial charge is 0.351 e. The lowest BCUT2D eigenvalue weighted by Gasteiger charge is -2.46. The number of carbonyl (C=O) groups excluding carboxylic acids is 1. The lowest BCUT2D eigenvalue weighted by Crippen LogP contribution is -2.60. The Morgan fingerprint density at radius 3 is 2.52 bits per heavy atom. The summed E-state index contributed by atoms with van der Waals surface area (Å²) in [4.78, 5) is 20.6. The van der Waals surface area contributed by atoms with Gasteiger partial charge in [0.05, 0.1) is 5.69 Å². The monoisotopic (exact) mass is 396 g/mol. The third-order valence-corrected chi connectivity index (χ3v) is 5.87. The zero-order valence-corrected chi connectivity index (χ0v) is 18.8. The van der Waals surface area contributed by atoms with E-state index in [0.29, 0.717) is 24.3 Å². The molecular formula is C24H36N4O. The predicted octanol–water partition coefficient (Wildman–Crippen LogP) is 4.92. The molecule has 1 fully saturated rings. The van der Waals surface area contributed by atoms with E-state index in [1.54, 1.807) is 6.92 Å². The van der Waals surface area contributed by atoms with Crippen molar-refractivity contribution in [1.29, 1.82) is 0 Å². The third-order valence-electron chi connectivity index (χ3n) is 5.87. The Labute approximate surface area is 175 Å². The minimum absolute atomic E-state index is 0.0819. The van der Waals surface area contributed by atoms with Crippen LogP contribution in [0.1, 0.15) is 79.3 Å². The van der Waals surface area contributed by atoms with E-state index in [9.17, 15) is 4.79 Å². The first-order chi connectivity index (χ1) is 13.5. The van der Waals surface area contributed by atoms with Gasteiger partial charge in [0.1, 0.15) is 5.78 Å². The molecule has 1 aromatic rings. The highest BCUT2D eigenvalue weighted by atomic mass is 16.1. The number of hydrogen-bond donors (Lipinski definition) is 2. The van der Waals surface area contributed by atoms with Crippen LogP contribution in [0.15, 0.2) is 30.0 Å². The molecule has 5 heteroatoms. The highest BCUT2D eigenvalue weighted by Crippen LogP contribution is 2.34. The molecule has 1 aliphatic heterocycles. The quantitative estimate of drug-likeness (QED) is 0.715. The van der Waals surface area contributed by atoms with Gasteiger partial charge in [-0.1, -0.05) is 24.6 Å². The highest BCUT2D eigenvalue weighted by molar-refractivity contribution is 5.76. The zero-order chi connectivity index (χ0) is 21.2. The van der Waals surface area contributed by atoms with E-state index < -0.39 is 0 Å². The number of Topliss-reactive ketones (excluding diaryl/α,β-unsaturated/α-hetero) is 1. The molecule has 1 unspecified atom stereocenters. The number of aromatic nitrogens is 2. The van der Waals surface area contributed by atoms with Crippen LogP contribution in [0.2, 0.25) is 0 Å². The molecule has 2 aliphatic rings. The van der Waals surface area contributed by atoms with Gasteiger partial charge in [0.25, 0.3) is 0 Å². The maximum absolute atomic E-state index is 11.3. The van der Waals surface area contributed by atoms with E-state index >= 15 is 0 Å². The molecular weight excluding hydrogens is 360 g/mol. The summed E-state index contributed by atoms with van der Waals surface area (Å²) in [5.74, 6) is 1.35. The van der Waals surface area contributed by atoms with E-state index in [1.165, 1.54) is 11.1 Å². The fraction of sp³-hybridized carbons (Fsp3) is 0.625. The smallest absolute Gasteiger partial charge is 0.223 e. The number of carbonyl (C=O) groups is 1. The number of ketones is 1. The normalized spacial score (nSPS) is 23.9. The fourth-order valence-electron chi connectivity index (χ4n) is 5.00. The third kappa shape index (κ3) is 5.99. The fourth-order valence-corrected chi connectivity index (χ4v) is 5.00. The van der Waals surface area contributed by atoms with E-state index in [1.807, 2.05) is 12.3 Å². The lowest BCUT2D eigenvalue weighted by molar-refractivity contribution is -0.116. The van der Waals surface area contributed by atoms with Crippen LogP contribution in [-0.2, 0) is 4.79 Å². The van der Waals surface area contributed by atoms with Crippen molar-refractivity contribution in [3.63, 3.8) is 0 Å². The minimum atomic E-state index is 0.0819. The Bertz CT molecular complexity index is 806. The molecule has 158 valence electrons. The number of nitrogens with zero attached hydrogens (tertiary/aromatic N) is 2. The van der Waals surface area contributed by atoms with Gasteiger partial charge in [0, 0.05) is 29.7 Å². The Morgan fingerprint density at radius 2 is 1.90 bits per heavy atom. The van der Waals surface area contributed by atoms with Crippen LogP contribution >= 0.6 is 0 Å². The van der Waals surface area contributed by atoms with Crippen LogP contribution in [0, 0.1) is 5.92 Å². The second kappa shape index (κ2) is 8.39. The van der Waals surface area contributed by atoms with Crippen molar-refractivity contribution in [1.82, 2.24) is 15.3 Å². The summed E-state index contributed by atoms with van der Waals surface area (Å²) in [6.07, 6.45) is 10.7. The number of hydrogen-bond acceptors (Lipinski definition) is 5. The van der Waals surface area contributed by atoms with Gasteiger partial charge >= 0.3 is 0 Å². The summed E-state index contributed by atoms with van der Waals surface area (Å²) in [7, 11) is 0. The molecule has 29 heavy (non-hydrogen) atoms. The van der Waals surface area contributed by atoms with Crippen molar-refractivity contribution >= 4 is 17.3 Å². The van der Waals surface area contributed by atoms with Crippen LogP contribution < -0.4 is 10.6 Å². The lowest BCUT2D eigenvalue weighted by atomic mass is 9.80. The van der Waals surface area contributed by atoms with E-state index in [2.05, 4.69) is 62.4 Å². The predicted molar refractivity (Wildman–Crippen MR) is 120 cm³/mol. The van der Waals surface area contributed by atoms with Gasteiger partial charge in [-0.3, -0.25) is 0 Å². The minimum Gasteiger partial charge on any atom is -0.351 e. The maximum Gasteiger partial charge on any atom is 0.223 e. The second-order valence-corrected chi connectivity index (χ2v) is 10.2. The molecule has 0 bridgehead atoms. The van der Waals surface area contributed by atoms with Crippen LogP contribution in [-0.4, -0.2) is 32.9 Å². The van der Waals surface area contributed by atoms with Gasteiger partial charge < -0.3 is 15.4 Å². The summed E-state index contributed by atoms with van der Waals surface area (Å²) in [5.41, 5.74) is 3.75. The van der Waals surface area contributed by atoms with Gasteiger partial charge in [0.2, 0.25) is 5.95 Å². The first-order valence-corrected chi connectivity index (χ1v) is 10.8. The van der Waals surface area contributed by atoms with Crippen molar-refractivity contribution in [3.05, 3.63) is 35.7 Å². The van der Waals surface area contributed by atoms with E-state index in [4.69, 9.17) is 4.98 Å². The average molecular weight is 397 g/mol. The average Bonchev–Trinajstić information content (AvgIpc) is 2.57. The number of rotatable bonds is 6. The summed E-state index contributed by atoms with van der Waals surface area (Å²) < 4.78 is 0. The molecule has 1 atom stereocenters. The van der Waals surface area contributed by atoms with Gasteiger partial charge in [-0.25, -0.2) is 9.97 Å². The molecule has 0 saturated carbocycles. The second-order valence-electron chi connectivity index (χ2n) is 10.2. The van der Waals surface area contributed by atoms with Gasteiger partial charge in [-0.05, 0) is 77.9 Å². The summed E-state index contributed by atoms with van der Waals surface area (Å²) >= 11 is 0.